The number of unbranched alkanes of at least 4 members (excludes halogenated alkanes) is 1. The van der Waals surface area contributed by atoms with Gasteiger partial charge < -0.3 is 5.11 Å². The summed E-state index contributed by atoms with van der Waals surface area (Å²) < 4.78 is 2.02. The number of fused-ring (bicyclic) bond motifs is 1. The first kappa shape index (κ1) is 21.1. The highest BCUT2D eigenvalue weighted by Crippen LogP contribution is 2.44. The lowest BCUT2D eigenvalue weighted by atomic mass is 9.89. The minimum Gasteiger partial charge on any atom is -0.352 e. The van der Waals surface area contributed by atoms with Crippen molar-refractivity contribution in [1.29, 1.82) is 0 Å². The van der Waals surface area contributed by atoms with Crippen molar-refractivity contribution in [2.75, 3.05) is 18.0 Å². The minimum absolute atomic E-state index is 0.393. The van der Waals surface area contributed by atoms with Gasteiger partial charge in [-0.1, -0.05) is 63.7 Å². The zero-order valence-corrected chi connectivity index (χ0v) is 18.0. The molecule has 2 atom stereocenters. The average Bonchev–Trinajstić information content (AvgIpc) is 3.03. The van der Waals surface area contributed by atoms with E-state index >= 15 is 0 Å². The highest BCUT2D eigenvalue weighted by atomic mass is 35.5. The fourth-order valence-corrected chi connectivity index (χ4v) is 4.32. The normalized spacial score (nSPS) is 19.7. The fourth-order valence-electron chi connectivity index (χ4n) is 4.20. The number of nitrogens with zero attached hydrogens (tertiary/aromatic N) is 6. The van der Waals surface area contributed by atoms with Gasteiger partial charge in [0.25, 0.3) is 5.72 Å². The van der Waals surface area contributed by atoms with Crippen LogP contribution in [0, 0.1) is 6.92 Å². The predicted molar refractivity (Wildman–Crippen MR) is 120 cm³/mol. The smallest absolute Gasteiger partial charge is 0.352 e. The van der Waals surface area contributed by atoms with Crippen molar-refractivity contribution in [2.24, 2.45) is 5.11 Å². The van der Waals surface area contributed by atoms with Crippen LogP contribution in [0.1, 0.15) is 35.6 Å². The van der Waals surface area contributed by atoms with E-state index < -0.39 is 11.8 Å². The number of halogens is 1. The molecule has 1 aliphatic rings. The molecule has 1 aliphatic heterocycles. The Labute approximate surface area is 186 Å². The first-order valence-corrected chi connectivity index (χ1v) is 10.6. The van der Waals surface area contributed by atoms with Gasteiger partial charge in [-0.15, -0.1) is 0 Å². The van der Waals surface area contributed by atoms with Crippen molar-refractivity contribution < 1.29 is 9.67 Å². The molecule has 0 spiro atoms. The number of benzene rings is 2. The molecular formula is C23H24ClN6O+. The van der Waals surface area contributed by atoms with E-state index in [1.54, 1.807) is 18.3 Å². The van der Waals surface area contributed by atoms with Crippen LogP contribution < -0.4 is 9.47 Å². The molecule has 158 valence electrons. The molecule has 0 aliphatic carbocycles. The average molecular weight is 436 g/mol. The molecule has 1 N–H and O–H groups in total. The highest BCUT2D eigenvalue weighted by Gasteiger charge is 2.59. The molecule has 2 heterocycles. The number of rotatable bonds is 7. The van der Waals surface area contributed by atoms with E-state index in [1.165, 1.54) is 0 Å². The Bertz CT molecular complexity index is 1100. The summed E-state index contributed by atoms with van der Waals surface area (Å²) in [5, 5.41) is 16.6. The molecule has 0 bridgehead atoms. The maximum atomic E-state index is 12.4. The highest BCUT2D eigenvalue weighted by molar-refractivity contribution is 6.30. The van der Waals surface area contributed by atoms with Crippen molar-refractivity contribution >= 4 is 17.5 Å². The third-order valence-electron chi connectivity index (χ3n) is 5.68. The van der Waals surface area contributed by atoms with E-state index in [1.807, 2.05) is 40.8 Å². The van der Waals surface area contributed by atoms with Crippen molar-refractivity contribution in [3.05, 3.63) is 99.1 Å². The van der Waals surface area contributed by atoms with Crippen LogP contribution in [0.25, 0.3) is 10.4 Å². The zero-order chi connectivity index (χ0) is 21.8. The van der Waals surface area contributed by atoms with Gasteiger partial charge >= 0.3 is 5.95 Å². The summed E-state index contributed by atoms with van der Waals surface area (Å²) in [6.45, 7) is 3.02. The Morgan fingerprint density at radius 2 is 1.94 bits per heavy atom. The number of aryl methyl sites for hydroxylation is 1. The Morgan fingerprint density at radius 3 is 2.65 bits per heavy atom. The largest absolute Gasteiger partial charge is 0.397 e. The number of aromatic nitrogens is 2. The maximum Gasteiger partial charge on any atom is 0.397 e. The maximum absolute atomic E-state index is 12.4. The molecule has 2 aromatic carbocycles. The van der Waals surface area contributed by atoms with Crippen LogP contribution in [-0.2, 0) is 5.72 Å². The molecule has 4 rings (SSSR count). The first-order valence-electron chi connectivity index (χ1n) is 10.3. The minimum atomic E-state index is -1.36. The van der Waals surface area contributed by atoms with Crippen LogP contribution in [0.15, 0.2) is 72.1 Å². The molecular weight excluding hydrogens is 412 g/mol. The van der Waals surface area contributed by atoms with Crippen LogP contribution in [0.5, 0.6) is 0 Å². The van der Waals surface area contributed by atoms with Gasteiger partial charge in [-0.05, 0) is 43.0 Å². The van der Waals surface area contributed by atoms with E-state index in [0.717, 1.165) is 29.5 Å². The summed E-state index contributed by atoms with van der Waals surface area (Å²) in [6, 6.07) is 17.0. The molecule has 0 saturated carbocycles. The van der Waals surface area contributed by atoms with Gasteiger partial charge in [0.15, 0.2) is 6.04 Å². The number of azide groups is 1. The van der Waals surface area contributed by atoms with Gasteiger partial charge in [0.1, 0.15) is 6.20 Å². The summed E-state index contributed by atoms with van der Waals surface area (Å²) in [6.07, 6.45) is 5.15. The predicted octanol–water partition coefficient (Wildman–Crippen LogP) is 4.68. The van der Waals surface area contributed by atoms with Gasteiger partial charge in [-0.2, -0.15) is 0 Å². The molecule has 3 aromatic rings. The van der Waals surface area contributed by atoms with Gasteiger partial charge in [-0.3, -0.25) is 0 Å². The quantitative estimate of drug-likeness (QED) is 0.192. The fraction of sp³-hybridized carbons (Fsp3) is 0.304. The van der Waals surface area contributed by atoms with Crippen LogP contribution in [0.3, 0.4) is 0 Å². The second-order valence-electron chi connectivity index (χ2n) is 7.69. The van der Waals surface area contributed by atoms with E-state index in [-0.39, 0.29) is 0 Å². The van der Waals surface area contributed by atoms with Crippen LogP contribution in [0.2, 0.25) is 5.02 Å². The number of hydrogen-bond acceptors (Lipinski definition) is 4. The van der Waals surface area contributed by atoms with Gasteiger partial charge in [0.05, 0.1) is 12.7 Å². The van der Waals surface area contributed by atoms with E-state index in [4.69, 9.17) is 17.1 Å². The topological polar surface area (TPSA) is 89.0 Å². The summed E-state index contributed by atoms with van der Waals surface area (Å²) >= 11 is 6.14. The summed E-state index contributed by atoms with van der Waals surface area (Å²) in [5.74, 6) is 0.689. The standard InChI is InChI=1S/C23H24ClN6O/c1-17-5-7-18(8-6-17)21-23(31,19-9-11-20(24)12-10-19)30(16-3-2-14-27-28-25)22-26-13-4-15-29(21)22/h4-13,15,21,31H,2-3,14,16H2,1H3/q+1. The third-order valence-corrected chi connectivity index (χ3v) is 5.93. The van der Waals surface area contributed by atoms with E-state index in [9.17, 15) is 5.11 Å². The van der Waals surface area contributed by atoms with Crippen molar-refractivity contribution in [3.8, 4) is 0 Å². The number of hydrogen-bond donors (Lipinski definition) is 1. The molecule has 0 amide bonds. The van der Waals surface area contributed by atoms with E-state index in [2.05, 4.69) is 39.3 Å². The monoisotopic (exact) mass is 435 g/mol. The molecule has 0 fully saturated rings. The Kier molecular flexibility index (Phi) is 6.09. The number of aliphatic hydroxyl groups is 1. The van der Waals surface area contributed by atoms with E-state index in [0.29, 0.717) is 24.1 Å². The molecule has 7 nitrogen and oxygen atoms in total. The van der Waals surface area contributed by atoms with Gasteiger partial charge in [0.2, 0.25) is 0 Å². The summed E-state index contributed by atoms with van der Waals surface area (Å²) in [4.78, 5) is 9.37. The number of anilines is 1. The molecule has 8 heteroatoms. The Morgan fingerprint density at radius 1 is 1.19 bits per heavy atom. The van der Waals surface area contributed by atoms with Gasteiger partial charge in [-0.25, -0.2) is 9.47 Å². The summed E-state index contributed by atoms with van der Waals surface area (Å²) in [7, 11) is 0. The lowest BCUT2D eigenvalue weighted by Gasteiger charge is -2.33. The molecule has 2 unspecified atom stereocenters. The second-order valence-corrected chi connectivity index (χ2v) is 8.12. The molecule has 0 saturated heterocycles. The van der Waals surface area contributed by atoms with Crippen molar-refractivity contribution in [3.63, 3.8) is 0 Å². The Balaban J connectivity index is 1.82. The van der Waals surface area contributed by atoms with Crippen LogP contribution in [0.4, 0.5) is 5.95 Å². The molecule has 1 aromatic heterocycles. The molecule has 0 radical (unpaired) electrons. The van der Waals surface area contributed by atoms with Crippen LogP contribution >= 0.6 is 11.6 Å². The van der Waals surface area contributed by atoms with Crippen LogP contribution in [-0.4, -0.2) is 23.2 Å². The molecule has 31 heavy (non-hydrogen) atoms. The Hall–Kier alpha value is -3.12. The third kappa shape index (κ3) is 3.95. The second kappa shape index (κ2) is 8.94. The van der Waals surface area contributed by atoms with Crippen molar-refractivity contribution in [1.82, 2.24) is 4.98 Å². The zero-order valence-electron chi connectivity index (χ0n) is 17.3. The lowest BCUT2D eigenvalue weighted by Crippen LogP contribution is -2.50. The SMILES string of the molecule is Cc1ccc(C2[n+]3cccnc3N(CCCCN=[N+]=[N-])C2(O)c2ccc(Cl)cc2)cc1. The van der Waals surface area contributed by atoms with Crippen molar-refractivity contribution in [2.45, 2.75) is 31.5 Å². The summed E-state index contributed by atoms with van der Waals surface area (Å²) in [5.41, 5.74) is 10.0. The van der Waals surface area contributed by atoms with Gasteiger partial charge in [0, 0.05) is 28.1 Å². The lowest BCUT2D eigenvalue weighted by molar-refractivity contribution is -0.703. The first-order chi connectivity index (χ1) is 15.1.